The predicted molar refractivity (Wildman–Crippen MR) is 80.1 cm³/mol. The number of rotatable bonds is 4. The largest absolute Gasteiger partial charge is 0.497 e. The number of methoxy groups -OCH3 is 1. The molecule has 1 aromatic carbocycles. The normalized spacial score (nSPS) is 10.8. The van der Waals surface area contributed by atoms with E-state index in [0.29, 0.717) is 6.54 Å². The van der Waals surface area contributed by atoms with E-state index in [9.17, 15) is 0 Å². The van der Waals surface area contributed by atoms with Crippen molar-refractivity contribution in [3.63, 3.8) is 0 Å². The molecule has 0 aliphatic rings. The Bertz CT molecular complexity index is 593. The van der Waals surface area contributed by atoms with E-state index in [-0.39, 0.29) is 0 Å². The molecule has 0 unspecified atom stereocenters. The fourth-order valence-electron chi connectivity index (χ4n) is 2.47. The van der Waals surface area contributed by atoms with Crippen LogP contribution < -0.4 is 15.4 Å². The quantitative estimate of drug-likeness (QED) is 0.913. The second-order valence-electron chi connectivity index (χ2n) is 4.84. The van der Waals surface area contributed by atoms with Crippen LogP contribution in [0.5, 0.6) is 5.75 Å². The van der Waals surface area contributed by atoms with Crippen molar-refractivity contribution in [2.24, 2.45) is 5.73 Å². The monoisotopic (exact) mass is 259 g/mol. The highest BCUT2D eigenvalue weighted by molar-refractivity contribution is 5.94. The first-order valence-corrected chi connectivity index (χ1v) is 6.43. The molecule has 0 saturated heterocycles. The molecule has 0 aliphatic carbocycles. The molecule has 19 heavy (non-hydrogen) atoms. The molecule has 0 radical (unpaired) electrons. The van der Waals surface area contributed by atoms with E-state index in [1.54, 1.807) is 7.11 Å². The third-order valence-electron chi connectivity index (χ3n) is 3.31. The lowest BCUT2D eigenvalue weighted by Gasteiger charge is -2.21. The predicted octanol–water partition coefficient (Wildman–Crippen LogP) is 2.12. The fraction of sp³-hybridized carbons (Fsp3) is 0.400. The summed E-state index contributed by atoms with van der Waals surface area (Å²) >= 11 is 0. The van der Waals surface area contributed by atoms with Gasteiger partial charge >= 0.3 is 0 Å². The summed E-state index contributed by atoms with van der Waals surface area (Å²) in [6.45, 7) is 2.67. The van der Waals surface area contributed by atoms with Crippen molar-refractivity contribution in [3.05, 3.63) is 29.5 Å². The number of aromatic nitrogens is 1. The summed E-state index contributed by atoms with van der Waals surface area (Å²) < 4.78 is 5.32. The van der Waals surface area contributed by atoms with Crippen LogP contribution in [0.1, 0.15) is 11.3 Å². The SMILES string of the molecule is COc1ccc2nc(C)c(CCN)c(N(C)C)c2c1. The van der Waals surface area contributed by atoms with Crippen LogP contribution in [-0.2, 0) is 6.42 Å². The maximum atomic E-state index is 5.73. The van der Waals surface area contributed by atoms with Gasteiger partial charge in [0.1, 0.15) is 5.75 Å². The molecule has 0 saturated carbocycles. The van der Waals surface area contributed by atoms with E-state index >= 15 is 0 Å². The Morgan fingerprint density at radius 1 is 1.32 bits per heavy atom. The minimum atomic E-state index is 0.624. The summed E-state index contributed by atoms with van der Waals surface area (Å²) in [7, 11) is 5.78. The van der Waals surface area contributed by atoms with Gasteiger partial charge in [0.2, 0.25) is 0 Å². The molecule has 1 aromatic heterocycles. The maximum absolute atomic E-state index is 5.73. The molecule has 2 rings (SSSR count). The third kappa shape index (κ3) is 2.49. The maximum Gasteiger partial charge on any atom is 0.119 e. The number of nitrogens with zero attached hydrogens (tertiary/aromatic N) is 2. The number of aryl methyl sites for hydroxylation is 1. The van der Waals surface area contributed by atoms with Crippen LogP contribution in [0.2, 0.25) is 0 Å². The van der Waals surface area contributed by atoms with Gasteiger partial charge in [-0.1, -0.05) is 0 Å². The molecule has 2 N–H and O–H groups in total. The lowest BCUT2D eigenvalue weighted by Crippen LogP contribution is -2.16. The molecule has 0 atom stereocenters. The molecule has 2 aromatic rings. The van der Waals surface area contributed by atoms with Crippen molar-refractivity contribution < 1.29 is 4.74 Å². The zero-order chi connectivity index (χ0) is 14.0. The van der Waals surface area contributed by atoms with Crippen LogP contribution in [0, 0.1) is 6.92 Å². The summed E-state index contributed by atoms with van der Waals surface area (Å²) in [6.07, 6.45) is 0.833. The van der Waals surface area contributed by atoms with Crippen molar-refractivity contribution >= 4 is 16.6 Å². The molecule has 4 heteroatoms. The van der Waals surface area contributed by atoms with Crippen LogP contribution in [-0.4, -0.2) is 32.7 Å². The summed E-state index contributed by atoms with van der Waals surface area (Å²) in [4.78, 5) is 6.80. The Balaban J connectivity index is 2.79. The highest BCUT2D eigenvalue weighted by atomic mass is 16.5. The smallest absolute Gasteiger partial charge is 0.119 e. The molecule has 102 valence electrons. The summed E-state index contributed by atoms with van der Waals surface area (Å²) in [5.74, 6) is 0.847. The average molecular weight is 259 g/mol. The van der Waals surface area contributed by atoms with E-state index in [1.165, 1.54) is 11.3 Å². The summed E-state index contributed by atoms with van der Waals surface area (Å²) in [6, 6.07) is 5.98. The first-order chi connectivity index (χ1) is 9.08. The number of hydrogen-bond acceptors (Lipinski definition) is 4. The Morgan fingerprint density at radius 3 is 2.63 bits per heavy atom. The second kappa shape index (κ2) is 5.45. The minimum Gasteiger partial charge on any atom is -0.497 e. The molecule has 4 nitrogen and oxygen atoms in total. The van der Waals surface area contributed by atoms with E-state index in [1.807, 2.05) is 39.2 Å². The van der Waals surface area contributed by atoms with Crippen molar-refractivity contribution in [2.75, 3.05) is 32.6 Å². The average Bonchev–Trinajstić information content (AvgIpc) is 2.38. The van der Waals surface area contributed by atoms with Gasteiger partial charge in [-0.3, -0.25) is 4.98 Å². The van der Waals surface area contributed by atoms with Gasteiger partial charge in [-0.15, -0.1) is 0 Å². The van der Waals surface area contributed by atoms with Gasteiger partial charge in [-0.05, 0) is 43.7 Å². The number of fused-ring (bicyclic) bond motifs is 1. The Labute approximate surface area is 114 Å². The van der Waals surface area contributed by atoms with Gasteiger partial charge in [-0.2, -0.15) is 0 Å². The molecule has 0 aliphatic heterocycles. The Hall–Kier alpha value is -1.81. The number of ether oxygens (including phenoxy) is 1. The molecule has 1 heterocycles. The van der Waals surface area contributed by atoms with Crippen LogP contribution in [0.3, 0.4) is 0 Å². The molecule has 0 bridgehead atoms. The number of nitrogens with two attached hydrogens (primary N) is 1. The number of anilines is 1. The number of pyridine rings is 1. The first kappa shape index (κ1) is 13.6. The van der Waals surface area contributed by atoms with E-state index in [0.717, 1.165) is 28.8 Å². The van der Waals surface area contributed by atoms with Crippen LogP contribution in [0.4, 0.5) is 5.69 Å². The number of benzene rings is 1. The van der Waals surface area contributed by atoms with E-state index in [4.69, 9.17) is 10.5 Å². The Morgan fingerprint density at radius 2 is 2.05 bits per heavy atom. The van der Waals surface area contributed by atoms with E-state index in [2.05, 4.69) is 9.88 Å². The zero-order valence-electron chi connectivity index (χ0n) is 12.0. The number of hydrogen-bond donors (Lipinski definition) is 1. The van der Waals surface area contributed by atoms with Gasteiger partial charge in [0.05, 0.1) is 18.3 Å². The summed E-state index contributed by atoms with van der Waals surface area (Å²) in [5.41, 5.74) is 10.2. The first-order valence-electron chi connectivity index (χ1n) is 6.43. The van der Waals surface area contributed by atoms with Crippen molar-refractivity contribution in [2.45, 2.75) is 13.3 Å². The Kier molecular flexibility index (Phi) is 3.90. The fourth-order valence-corrected chi connectivity index (χ4v) is 2.47. The molecule has 0 fully saturated rings. The van der Waals surface area contributed by atoms with Crippen molar-refractivity contribution in [3.8, 4) is 5.75 Å². The highest BCUT2D eigenvalue weighted by Gasteiger charge is 2.14. The lowest BCUT2D eigenvalue weighted by atomic mass is 10.0. The molecule has 0 amide bonds. The molecular formula is C15H21N3O. The molecule has 0 spiro atoms. The van der Waals surface area contributed by atoms with Crippen molar-refractivity contribution in [1.82, 2.24) is 4.98 Å². The molecular weight excluding hydrogens is 238 g/mol. The van der Waals surface area contributed by atoms with Crippen molar-refractivity contribution in [1.29, 1.82) is 0 Å². The minimum absolute atomic E-state index is 0.624. The summed E-state index contributed by atoms with van der Waals surface area (Å²) in [5, 5.41) is 1.11. The van der Waals surface area contributed by atoms with Gasteiger partial charge in [-0.25, -0.2) is 0 Å². The third-order valence-corrected chi connectivity index (χ3v) is 3.31. The van der Waals surface area contributed by atoms with Crippen LogP contribution in [0.15, 0.2) is 18.2 Å². The zero-order valence-corrected chi connectivity index (χ0v) is 12.0. The van der Waals surface area contributed by atoms with Gasteiger partial charge in [0.15, 0.2) is 0 Å². The van der Waals surface area contributed by atoms with Crippen LogP contribution in [0.25, 0.3) is 10.9 Å². The topological polar surface area (TPSA) is 51.4 Å². The standard InChI is InChI=1S/C15H21N3O/c1-10-12(7-8-16)15(18(2)3)13-9-11(19-4)5-6-14(13)17-10/h5-6,9H,7-8,16H2,1-4H3. The second-order valence-corrected chi connectivity index (χ2v) is 4.84. The lowest BCUT2D eigenvalue weighted by molar-refractivity contribution is 0.415. The van der Waals surface area contributed by atoms with Gasteiger partial charge in [0, 0.05) is 25.2 Å². The van der Waals surface area contributed by atoms with Gasteiger partial charge in [0.25, 0.3) is 0 Å². The highest BCUT2D eigenvalue weighted by Crippen LogP contribution is 2.33. The van der Waals surface area contributed by atoms with Crippen LogP contribution >= 0.6 is 0 Å². The van der Waals surface area contributed by atoms with E-state index < -0.39 is 0 Å². The van der Waals surface area contributed by atoms with Gasteiger partial charge < -0.3 is 15.4 Å².